The normalized spacial score (nSPS) is 24.1. The predicted molar refractivity (Wildman–Crippen MR) is 144 cm³/mol. The molecule has 2 fully saturated rings. The van der Waals surface area contributed by atoms with Crippen LogP contribution in [0.5, 0.6) is 0 Å². The molecule has 3 N–H and O–H groups in total. The third-order valence-electron chi connectivity index (χ3n) is 7.42. The highest BCUT2D eigenvalue weighted by Gasteiger charge is 2.42. The Hall–Kier alpha value is -3.23. The van der Waals surface area contributed by atoms with Crippen LogP contribution < -0.4 is 16.0 Å². The lowest BCUT2D eigenvalue weighted by molar-refractivity contribution is -0.144. The minimum absolute atomic E-state index is 0.00381. The summed E-state index contributed by atoms with van der Waals surface area (Å²) in [6, 6.07) is 7.01. The van der Waals surface area contributed by atoms with E-state index in [-0.39, 0.29) is 29.9 Å². The second-order valence-electron chi connectivity index (χ2n) is 11.3. The van der Waals surface area contributed by atoms with E-state index in [9.17, 15) is 24.0 Å². The Kier molecular flexibility index (Phi) is 10.1. The molecule has 9 heteroatoms. The quantitative estimate of drug-likeness (QED) is 0.426. The van der Waals surface area contributed by atoms with E-state index < -0.39 is 35.5 Å². The van der Waals surface area contributed by atoms with Crippen LogP contribution in [0.4, 0.5) is 0 Å². The number of hydrogen-bond donors (Lipinski definition) is 3. The van der Waals surface area contributed by atoms with Crippen molar-refractivity contribution in [2.45, 2.75) is 103 Å². The zero-order valence-corrected chi connectivity index (χ0v) is 23.0. The molecule has 1 aromatic rings. The van der Waals surface area contributed by atoms with Crippen molar-refractivity contribution in [1.29, 1.82) is 0 Å². The molecule has 0 aliphatic carbocycles. The minimum Gasteiger partial charge on any atom is -0.343 e. The van der Waals surface area contributed by atoms with Gasteiger partial charge in [0.15, 0.2) is 0 Å². The summed E-state index contributed by atoms with van der Waals surface area (Å²) in [7, 11) is 0. The maximum atomic E-state index is 13.7. The molecule has 3 rings (SSSR count). The van der Waals surface area contributed by atoms with Crippen LogP contribution in [0.1, 0.15) is 78.2 Å². The molecular weight excluding hydrogens is 484 g/mol. The Morgan fingerprint density at radius 2 is 1.68 bits per heavy atom. The monoisotopic (exact) mass is 526 g/mol. The molecule has 1 aromatic carbocycles. The molecule has 4 amide bonds. The smallest absolute Gasteiger partial charge is 0.246 e. The Bertz CT molecular complexity index is 1020. The number of unbranched alkanes of at least 4 members (excludes halogenated alkanes) is 2. The number of amides is 4. The van der Waals surface area contributed by atoms with E-state index in [1.54, 1.807) is 18.7 Å². The second kappa shape index (κ2) is 13.0. The fraction of sp³-hybridized carbons (Fsp3) is 0.621. The van der Waals surface area contributed by atoms with Gasteiger partial charge in [0.1, 0.15) is 29.4 Å². The lowest BCUT2D eigenvalue weighted by Crippen LogP contribution is -2.64. The molecule has 2 heterocycles. The van der Waals surface area contributed by atoms with E-state index in [1.807, 2.05) is 44.2 Å². The Morgan fingerprint density at radius 3 is 2.37 bits per heavy atom. The average molecular weight is 527 g/mol. The van der Waals surface area contributed by atoms with Crippen molar-refractivity contribution in [3.05, 3.63) is 35.9 Å². The number of Topliss-reactive ketones (excluding diaryl/α,β-unsaturated/α-hetero) is 1. The van der Waals surface area contributed by atoms with Gasteiger partial charge >= 0.3 is 0 Å². The summed E-state index contributed by atoms with van der Waals surface area (Å²) in [6.45, 7) is 7.36. The van der Waals surface area contributed by atoms with E-state index >= 15 is 0 Å². The number of carbonyl (C=O) groups is 5. The molecule has 2 saturated heterocycles. The molecule has 0 spiro atoms. The molecule has 0 aromatic heterocycles. The zero-order valence-electron chi connectivity index (χ0n) is 23.0. The molecule has 9 nitrogen and oxygen atoms in total. The standard InChI is InChI=1S/C29H42N4O5/c1-19(2)24(34)16-10-6-9-14-21-25(35)32-29(3,4)28(38)31-22(18-20-12-7-5-8-13-20)27(37)33-17-11-15-23(33)26(36)30-21/h5,7-8,12-13,19,21-23H,6,9-11,14-18H2,1-4H3,(H,30,36)(H,31,38)(H,32,35)/t21-,22?,23+/m0/s1. The number of rotatable bonds is 9. The molecule has 38 heavy (non-hydrogen) atoms. The predicted octanol–water partition coefficient (Wildman–Crippen LogP) is 2.27. The summed E-state index contributed by atoms with van der Waals surface area (Å²) in [5, 5.41) is 8.51. The van der Waals surface area contributed by atoms with Gasteiger partial charge in [-0.3, -0.25) is 24.0 Å². The largest absolute Gasteiger partial charge is 0.343 e. The third kappa shape index (κ3) is 7.65. The van der Waals surface area contributed by atoms with E-state index in [4.69, 9.17) is 0 Å². The van der Waals surface area contributed by atoms with E-state index in [0.717, 1.165) is 18.4 Å². The average Bonchev–Trinajstić information content (AvgIpc) is 3.36. The van der Waals surface area contributed by atoms with Gasteiger partial charge < -0.3 is 20.9 Å². The van der Waals surface area contributed by atoms with Gasteiger partial charge in [0, 0.05) is 25.3 Å². The summed E-state index contributed by atoms with van der Waals surface area (Å²) in [5.74, 6) is -1.33. The number of benzene rings is 1. The van der Waals surface area contributed by atoms with E-state index in [1.165, 1.54) is 0 Å². The number of ketones is 1. The zero-order chi connectivity index (χ0) is 27.9. The highest BCUT2D eigenvalue weighted by Crippen LogP contribution is 2.21. The number of nitrogens with zero attached hydrogens (tertiary/aromatic N) is 1. The van der Waals surface area contributed by atoms with Gasteiger partial charge in [-0.05, 0) is 45.1 Å². The van der Waals surface area contributed by atoms with Crippen molar-refractivity contribution < 1.29 is 24.0 Å². The van der Waals surface area contributed by atoms with Crippen LogP contribution in [-0.2, 0) is 30.4 Å². The lowest BCUT2D eigenvalue weighted by Gasteiger charge is -2.34. The summed E-state index contributed by atoms with van der Waals surface area (Å²) >= 11 is 0. The van der Waals surface area contributed by atoms with Gasteiger partial charge in [0.25, 0.3) is 0 Å². The van der Waals surface area contributed by atoms with Crippen molar-refractivity contribution in [3.8, 4) is 0 Å². The van der Waals surface area contributed by atoms with Crippen LogP contribution in [0.25, 0.3) is 0 Å². The van der Waals surface area contributed by atoms with Gasteiger partial charge in [0.2, 0.25) is 23.6 Å². The van der Waals surface area contributed by atoms with Crippen LogP contribution in [0.2, 0.25) is 0 Å². The second-order valence-corrected chi connectivity index (χ2v) is 11.3. The molecule has 3 atom stereocenters. The highest BCUT2D eigenvalue weighted by atomic mass is 16.2. The summed E-state index contributed by atoms with van der Waals surface area (Å²) in [4.78, 5) is 67.0. The molecule has 208 valence electrons. The van der Waals surface area contributed by atoms with Gasteiger partial charge in [-0.1, -0.05) is 57.0 Å². The van der Waals surface area contributed by atoms with Crippen LogP contribution >= 0.6 is 0 Å². The van der Waals surface area contributed by atoms with Gasteiger partial charge in [-0.15, -0.1) is 0 Å². The highest BCUT2D eigenvalue weighted by molar-refractivity contribution is 5.99. The number of nitrogens with one attached hydrogen (secondary N) is 3. The van der Waals surface area contributed by atoms with Crippen LogP contribution in [0.15, 0.2) is 30.3 Å². The maximum absolute atomic E-state index is 13.7. The van der Waals surface area contributed by atoms with Crippen LogP contribution in [0.3, 0.4) is 0 Å². The first-order valence-electron chi connectivity index (χ1n) is 13.8. The number of carbonyl (C=O) groups excluding carboxylic acids is 5. The molecular formula is C29H42N4O5. The first-order chi connectivity index (χ1) is 18.0. The van der Waals surface area contributed by atoms with Crippen molar-refractivity contribution in [2.75, 3.05) is 6.54 Å². The first-order valence-corrected chi connectivity index (χ1v) is 13.8. The lowest BCUT2D eigenvalue weighted by atomic mass is 9.97. The van der Waals surface area contributed by atoms with Crippen LogP contribution in [0, 0.1) is 5.92 Å². The molecule has 0 saturated carbocycles. The Morgan fingerprint density at radius 1 is 0.974 bits per heavy atom. The Balaban J connectivity index is 1.78. The molecule has 0 bridgehead atoms. The molecule has 1 unspecified atom stereocenters. The summed E-state index contributed by atoms with van der Waals surface area (Å²) in [5.41, 5.74) is -0.418. The number of fused-ring (bicyclic) bond motifs is 1. The third-order valence-corrected chi connectivity index (χ3v) is 7.42. The van der Waals surface area contributed by atoms with Gasteiger partial charge in [-0.25, -0.2) is 0 Å². The fourth-order valence-corrected chi connectivity index (χ4v) is 4.99. The van der Waals surface area contributed by atoms with Crippen molar-refractivity contribution in [1.82, 2.24) is 20.9 Å². The van der Waals surface area contributed by atoms with Crippen molar-refractivity contribution >= 4 is 29.4 Å². The van der Waals surface area contributed by atoms with E-state index in [0.29, 0.717) is 38.6 Å². The van der Waals surface area contributed by atoms with E-state index in [2.05, 4.69) is 16.0 Å². The molecule has 2 aliphatic rings. The SMILES string of the molecule is CC(C)C(=O)CCCCC[C@@H]1NC(=O)[C@H]2CCCN2C(=O)C(Cc2ccccc2)NC(=O)C(C)(C)NC1=O. The molecule has 0 radical (unpaired) electrons. The summed E-state index contributed by atoms with van der Waals surface area (Å²) in [6.07, 6.45) is 4.44. The topological polar surface area (TPSA) is 125 Å². The van der Waals surface area contributed by atoms with Crippen molar-refractivity contribution in [2.24, 2.45) is 5.92 Å². The van der Waals surface area contributed by atoms with Crippen molar-refractivity contribution in [3.63, 3.8) is 0 Å². The maximum Gasteiger partial charge on any atom is 0.246 e. The fourth-order valence-electron chi connectivity index (χ4n) is 4.99. The minimum atomic E-state index is -1.30. The first kappa shape index (κ1) is 29.3. The Labute approximate surface area is 225 Å². The van der Waals surface area contributed by atoms with Gasteiger partial charge in [-0.2, -0.15) is 0 Å². The molecule has 2 aliphatic heterocycles. The van der Waals surface area contributed by atoms with Gasteiger partial charge in [0.05, 0.1) is 0 Å². The summed E-state index contributed by atoms with van der Waals surface area (Å²) < 4.78 is 0. The number of hydrogen-bond acceptors (Lipinski definition) is 5. The van der Waals surface area contributed by atoms with Crippen LogP contribution in [-0.4, -0.2) is 64.5 Å².